The van der Waals surface area contributed by atoms with E-state index in [-0.39, 0.29) is 11.7 Å². The van der Waals surface area contributed by atoms with Crippen molar-refractivity contribution in [2.45, 2.75) is 0 Å². The van der Waals surface area contributed by atoms with Crippen LogP contribution in [0.1, 0.15) is 15.9 Å². The van der Waals surface area contributed by atoms with E-state index >= 15 is 0 Å². The largest absolute Gasteiger partial charge is 0.472 e. The Morgan fingerprint density at radius 2 is 1.94 bits per heavy atom. The van der Waals surface area contributed by atoms with Crippen LogP contribution in [0.5, 0.6) is 0 Å². The highest BCUT2D eigenvalue weighted by Gasteiger charge is 2.07. The molecule has 1 aromatic heterocycles. The zero-order chi connectivity index (χ0) is 13.0. The zero-order valence-corrected chi connectivity index (χ0v) is 9.33. The summed E-state index contributed by atoms with van der Waals surface area (Å²) in [6.07, 6.45) is 2.79. The molecule has 0 spiro atoms. The second kappa shape index (κ2) is 5.05. The molecule has 1 amide bonds. The maximum absolute atomic E-state index is 11.7. The predicted octanol–water partition coefficient (Wildman–Crippen LogP) is 1.63. The molecule has 0 saturated heterocycles. The summed E-state index contributed by atoms with van der Waals surface area (Å²) in [5.74, 6) is -0.247. The van der Waals surface area contributed by atoms with E-state index in [0.29, 0.717) is 16.8 Å². The van der Waals surface area contributed by atoms with E-state index < -0.39 is 0 Å². The maximum atomic E-state index is 11.7. The van der Waals surface area contributed by atoms with Crippen molar-refractivity contribution in [1.29, 1.82) is 0 Å². The lowest BCUT2D eigenvalue weighted by Gasteiger charge is -2.04. The van der Waals surface area contributed by atoms with E-state index in [1.807, 2.05) is 0 Å². The number of nitrogens with one attached hydrogen (secondary N) is 1. The average Bonchev–Trinajstić information content (AvgIpc) is 2.92. The van der Waals surface area contributed by atoms with Gasteiger partial charge < -0.3 is 20.7 Å². The quantitative estimate of drug-likeness (QED) is 0.331. The minimum atomic E-state index is -0.264. The number of rotatable bonds is 3. The molecular formula is C12H11N3O3. The molecule has 6 nitrogen and oxygen atoms in total. The third-order valence-electron chi connectivity index (χ3n) is 2.33. The fourth-order valence-electron chi connectivity index (χ4n) is 1.38. The third-order valence-corrected chi connectivity index (χ3v) is 2.33. The zero-order valence-electron chi connectivity index (χ0n) is 9.33. The van der Waals surface area contributed by atoms with Crippen molar-refractivity contribution in [2.75, 3.05) is 5.32 Å². The average molecular weight is 245 g/mol. The molecule has 2 rings (SSSR count). The van der Waals surface area contributed by atoms with Gasteiger partial charge >= 0.3 is 0 Å². The summed E-state index contributed by atoms with van der Waals surface area (Å²) in [5.41, 5.74) is 7.04. The van der Waals surface area contributed by atoms with Gasteiger partial charge in [0.1, 0.15) is 6.26 Å². The topological polar surface area (TPSA) is 101 Å². The summed E-state index contributed by atoms with van der Waals surface area (Å²) in [6.45, 7) is 0. The maximum Gasteiger partial charge on any atom is 0.258 e. The standard InChI is InChI=1S/C12H11N3O3/c13-11(15-17)8-1-3-10(4-2-8)14-12(16)9-5-6-18-7-9/h1-7,17H,(H2,13,15)(H,14,16). The number of carbonyl (C=O) groups excluding carboxylic acids is 1. The summed E-state index contributed by atoms with van der Waals surface area (Å²) in [7, 11) is 0. The van der Waals surface area contributed by atoms with Crippen LogP contribution in [0.25, 0.3) is 0 Å². The third kappa shape index (κ3) is 2.49. The summed E-state index contributed by atoms with van der Waals surface area (Å²) < 4.78 is 4.82. The number of furan rings is 1. The van der Waals surface area contributed by atoms with E-state index in [1.165, 1.54) is 12.5 Å². The van der Waals surface area contributed by atoms with Gasteiger partial charge in [0.25, 0.3) is 5.91 Å². The highest BCUT2D eigenvalue weighted by molar-refractivity contribution is 6.04. The molecule has 0 aliphatic heterocycles. The Morgan fingerprint density at radius 1 is 1.22 bits per heavy atom. The number of nitrogens with two attached hydrogens (primary N) is 1. The fourth-order valence-corrected chi connectivity index (χ4v) is 1.38. The fraction of sp³-hybridized carbons (Fsp3) is 0. The van der Waals surface area contributed by atoms with Crippen LogP contribution in [-0.4, -0.2) is 17.0 Å². The molecule has 92 valence electrons. The van der Waals surface area contributed by atoms with Crippen molar-refractivity contribution in [3.63, 3.8) is 0 Å². The van der Waals surface area contributed by atoms with Gasteiger partial charge in [-0.05, 0) is 30.3 Å². The highest BCUT2D eigenvalue weighted by Crippen LogP contribution is 2.11. The van der Waals surface area contributed by atoms with Gasteiger partial charge in [-0.25, -0.2) is 0 Å². The first-order valence-corrected chi connectivity index (χ1v) is 5.12. The van der Waals surface area contributed by atoms with Crippen molar-refractivity contribution in [3.8, 4) is 0 Å². The Labute approximate surface area is 103 Å². The summed E-state index contributed by atoms with van der Waals surface area (Å²) >= 11 is 0. The van der Waals surface area contributed by atoms with Gasteiger partial charge in [0.15, 0.2) is 5.84 Å². The Hall–Kier alpha value is -2.76. The number of anilines is 1. The molecule has 4 N–H and O–H groups in total. The first-order chi connectivity index (χ1) is 8.70. The highest BCUT2D eigenvalue weighted by atomic mass is 16.4. The van der Waals surface area contributed by atoms with Crippen LogP contribution in [-0.2, 0) is 0 Å². The Morgan fingerprint density at radius 3 is 2.50 bits per heavy atom. The molecule has 0 fully saturated rings. The molecule has 0 aliphatic carbocycles. The number of carbonyl (C=O) groups is 1. The van der Waals surface area contributed by atoms with Crippen LogP contribution in [0, 0.1) is 0 Å². The predicted molar refractivity (Wildman–Crippen MR) is 65.6 cm³/mol. The van der Waals surface area contributed by atoms with E-state index in [4.69, 9.17) is 15.4 Å². The first kappa shape index (κ1) is 11.7. The molecular weight excluding hydrogens is 234 g/mol. The van der Waals surface area contributed by atoms with E-state index in [9.17, 15) is 4.79 Å². The number of hydrogen-bond donors (Lipinski definition) is 3. The van der Waals surface area contributed by atoms with Crippen LogP contribution in [0.3, 0.4) is 0 Å². The smallest absolute Gasteiger partial charge is 0.258 e. The minimum Gasteiger partial charge on any atom is -0.472 e. The van der Waals surface area contributed by atoms with Crippen molar-refractivity contribution < 1.29 is 14.4 Å². The van der Waals surface area contributed by atoms with Crippen molar-refractivity contribution >= 4 is 17.4 Å². The van der Waals surface area contributed by atoms with Crippen LogP contribution in [0.15, 0.2) is 52.4 Å². The molecule has 0 aliphatic rings. The molecule has 2 aromatic rings. The number of oxime groups is 1. The van der Waals surface area contributed by atoms with Crippen LogP contribution >= 0.6 is 0 Å². The lowest BCUT2D eigenvalue weighted by Crippen LogP contribution is -2.14. The van der Waals surface area contributed by atoms with E-state index in [1.54, 1.807) is 30.3 Å². The van der Waals surface area contributed by atoms with E-state index in [2.05, 4.69) is 10.5 Å². The molecule has 1 aromatic carbocycles. The van der Waals surface area contributed by atoms with Crippen molar-refractivity contribution in [2.24, 2.45) is 10.9 Å². The van der Waals surface area contributed by atoms with Gasteiger partial charge in [0.05, 0.1) is 11.8 Å². The molecule has 0 bridgehead atoms. The summed E-state index contributed by atoms with van der Waals surface area (Å²) in [5, 5.41) is 14.1. The summed E-state index contributed by atoms with van der Waals surface area (Å²) in [4.78, 5) is 11.7. The summed E-state index contributed by atoms with van der Waals surface area (Å²) in [6, 6.07) is 8.16. The number of amidine groups is 1. The molecule has 6 heteroatoms. The lowest BCUT2D eigenvalue weighted by molar-refractivity contribution is 0.102. The number of nitrogens with zero attached hydrogens (tertiary/aromatic N) is 1. The number of benzene rings is 1. The molecule has 0 radical (unpaired) electrons. The van der Waals surface area contributed by atoms with Gasteiger partial charge in [0, 0.05) is 11.3 Å². The Kier molecular flexibility index (Phi) is 3.29. The van der Waals surface area contributed by atoms with Gasteiger partial charge in [-0.15, -0.1) is 0 Å². The second-order valence-corrected chi connectivity index (χ2v) is 3.53. The van der Waals surface area contributed by atoms with Crippen LogP contribution in [0.2, 0.25) is 0 Å². The number of hydrogen-bond acceptors (Lipinski definition) is 4. The molecule has 18 heavy (non-hydrogen) atoms. The van der Waals surface area contributed by atoms with Gasteiger partial charge in [-0.2, -0.15) is 0 Å². The minimum absolute atomic E-state index is 0.0164. The second-order valence-electron chi connectivity index (χ2n) is 3.53. The molecule has 0 saturated carbocycles. The van der Waals surface area contributed by atoms with E-state index in [0.717, 1.165) is 0 Å². The van der Waals surface area contributed by atoms with Gasteiger partial charge in [-0.3, -0.25) is 4.79 Å². The SMILES string of the molecule is N/C(=N/O)c1ccc(NC(=O)c2ccoc2)cc1. The monoisotopic (exact) mass is 245 g/mol. The van der Waals surface area contributed by atoms with Crippen LogP contribution in [0.4, 0.5) is 5.69 Å². The normalized spacial score (nSPS) is 11.2. The first-order valence-electron chi connectivity index (χ1n) is 5.12. The van der Waals surface area contributed by atoms with Crippen molar-refractivity contribution in [1.82, 2.24) is 0 Å². The Balaban J connectivity index is 2.09. The van der Waals surface area contributed by atoms with Gasteiger partial charge in [0.2, 0.25) is 0 Å². The molecule has 0 atom stereocenters. The van der Waals surface area contributed by atoms with Crippen LogP contribution < -0.4 is 11.1 Å². The molecule has 1 heterocycles. The van der Waals surface area contributed by atoms with Crippen molar-refractivity contribution in [3.05, 3.63) is 54.0 Å². The lowest BCUT2D eigenvalue weighted by atomic mass is 10.2. The Bertz CT molecular complexity index is 559. The molecule has 0 unspecified atom stereocenters. The van der Waals surface area contributed by atoms with Gasteiger partial charge in [-0.1, -0.05) is 5.16 Å². The number of amides is 1.